The van der Waals surface area contributed by atoms with Gasteiger partial charge in [0, 0.05) is 0 Å². The molecule has 4 aliphatic rings. The molecule has 0 bridgehead atoms. The van der Waals surface area contributed by atoms with Crippen molar-refractivity contribution in [1.29, 1.82) is 0 Å². The number of allylic oxidation sites excluding steroid dienone is 2. The molecule has 4 aliphatic carbocycles. The zero-order chi connectivity index (χ0) is 30.7. The fourth-order valence-corrected chi connectivity index (χ4v) is 17.9. The molecule has 2 saturated carbocycles. The highest BCUT2D eigenvalue weighted by molar-refractivity contribution is 6.96. The quantitative estimate of drug-likeness (QED) is 0.192. The third-order valence-corrected chi connectivity index (χ3v) is 18.4. The molecule has 0 amide bonds. The van der Waals surface area contributed by atoms with Gasteiger partial charge in [0.05, 0.1) is 0 Å². The highest BCUT2D eigenvalue weighted by Gasteiger charge is 2.55. The maximum absolute atomic E-state index is 2.78. The Morgan fingerprint density at radius 2 is 0.867 bits per heavy atom. The molecule has 0 aromatic heterocycles. The Hall–Kier alpha value is -3.42. The molecule has 0 nitrogen and oxygen atoms in total. The van der Waals surface area contributed by atoms with Crippen LogP contribution in [0.25, 0.3) is 34.4 Å². The molecule has 4 aromatic rings. The van der Waals surface area contributed by atoms with E-state index in [0.717, 1.165) is 11.1 Å². The smallest absolute Gasteiger partial charge is 0.0704 e. The van der Waals surface area contributed by atoms with Gasteiger partial charge in [-0.3, -0.25) is 0 Å². The van der Waals surface area contributed by atoms with Crippen molar-refractivity contribution in [3.8, 4) is 22.3 Å². The van der Waals surface area contributed by atoms with Gasteiger partial charge in [-0.05, 0) is 96.1 Å². The molecule has 4 aromatic carbocycles. The molecule has 45 heavy (non-hydrogen) atoms. The van der Waals surface area contributed by atoms with Crippen LogP contribution in [0.2, 0.25) is 11.1 Å². The Labute approximate surface area is 272 Å². The number of fused-ring (bicyclic) bond motifs is 2. The van der Waals surface area contributed by atoms with Crippen LogP contribution in [-0.2, 0) is 12.8 Å². The van der Waals surface area contributed by atoms with Crippen LogP contribution in [0.1, 0.15) is 95.9 Å². The topological polar surface area (TPSA) is 0 Å². The van der Waals surface area contributed by atoms with E-state index in [1.165, 1.54) is 120 Å². The maximum atomic E-state index is 2.78. The van der Waals surface area contributed by atoms with E-state index in [4.69, 9.17) is 0 Å². The second-order valence-corrected chi connectivity index (χ2v) is 19.7. The molecule has 1 heteroatoms. The van der Waals surface area contributed by atoms with Crippen LogP contribution in [0.5, 0.6) is 0 Å². The normalized spacial score (nSPS) is 18.3. The lowest BCUT2D eigenvalue weighted by molar-refractivity contribution is 0.749. The molecule has 228 valence electrons. The van der Waals surface area contributed by atoms with Gasteiger partial charge in [0.25, 0.3) is 0 Å². The fraction of sp³-hybridized carbons (Fsp3) is 0.364. The largest absolute Gasteiger partial charge is 0.115 e. The van der Waals surface area contributed by atoms with Crippen LogP contribution in [0, 0.1) is 27.7 Å². The van der Waals surface area contributed by atoms with Gasteiger partial charge in [0.2, 0.25) is 0 Å². The minimum absolute atomic E-state index is 0.885. The predicted molar refractivity (Wildman–Crippen MR) is 196 cm³/mol. The zero-order valence-corrected chi connectivity index (χ0v) is 28.8. The van der Waals surface area contributed by atoms with Gasteiger partial charge in [-0.2, -0.15) is 0 Å². The predicted octanol–water partition coefficient (Wildman–Crippen LogP) is 12.2. The molecule has 0 unspecified atom stereocenters. The highest BCUT2D eigenvalue weighted by Crippen LogP contribution is 2.60. The monoisotopic (exact) mass is 604 g/mol. The summed E-state index contributed by atoms with van der Waals surface area (Å²) in [6.45, 7) is 8.98. The molecular weight excluding hydrogens is 557 g/mol. The molecule has 0 heterocycles. The van der Waals surface area contributed by atoms with Gasteiger partial charge in [-0.15, -0.1) is 0 Å². The first-order valence-electron chi connectivity index (χ1n) is 17.7. The van der Waals surface area contributed by atoms with Gasteiger partial charge in [0.1, 0.15) is 8.07 Å². The molecule has 0 N–H and O–H groups in total. The van der Waals surface area contributed by atoms with E-state index in [0.29, 0.717) is 0 Å². The Kier molecular flexibility index (Phi) is 7.37. The number of hydrogen-bond acceptors (Lipinski definition) is 0. The van der Waals surface area contributed by atoms with Gasteiger partial charge in [-0.25, -0.2) is 0 Å². The van der Waals surface area contributed by atoms with E-state index in [1.807, 2.05) is 10.4 Å². The minimum Gasteiger partial charge on any atom is -0.0704 e. The third-order valence-electron chi connectivity index (χ3n) is 11.9. The molecule has 2 fully saturated rings. The standard InChI is InChI=1S/C44H48Si/c1-29-19-30(2)22-35(21-29)41-17-9-11-33-25-39(27-43(33)41)45(37-13-5-6-14-37,38-15-7-8-16-38)40-26-34-12-10-18-42(44(34)28-40)36-23-31(3)20-32(4)24-36/h9-12,17-24,27-28,37-38H,5-8,13-16,25-26H2,1-4H3. The summed E-state index contributed by atoms with van der Waals surface area (Å²) in [6.07, 6.45) is 19.4. The van der Waals surface area contributed by atoms with Crippen molar-refractivity contribution < 1.29 is 0 Å². The van der Waals surface area contributed by atoms with Crippen molar-refractivity contribution in [3.63, 3.8) is 0 Å². The van der Waals surface area contributed by atoms with E-state index in [2.05, 4.69) is 113 Å². The van der Waals surface area contributed by atoms with Crippen LogP contribution in [0.15, 0.2) is 83.2 Å². The number of benzene rings is 4. The van der Waals surface area contributed by atoms with Crippen LogP contribution in [0.3, 0.4) is 0 Å². The van der Waals surface area contributed by atoms with Crippen LogP contribution in [-0.4, -0.2) is 8.07 Å². The van der Waals surface area contributed by atoms with Gasteiger partial charge >= 0.3 is 0 Å². The van der Waals surface area contributed by atoms with E-state index in [9.17, 15) is 0 Å². The van der Waals surface area contributed by atoms with Crippen molar-refractivity contribution in [2.75, 3.05) is 0 Å². The SMILES string of the molecule is Cc1cc(C)cc(-c2cccc3c2C=C([Si](C2=Cc4c(cccc4-c4cc(C)cc(C)c4)C2)(C2CCCC2)C2CCCC2)C3)c1. The Bertz CT molecular complexity index is 1680. The fourth-order valence-electron chi connectivity index (χ4n) is 10.4. The van der Waals surface area contributed by atoms with Gasteiger partial charge in [0.15, 0.2) is 0 Å². The van der Waals surface area contributed by atoms with Gasteiger partial charge in [-0.1, -0.05) is 169 Å². The lowest BCUT2D eigenvalue weighted by atomic mass is 9.95. The first-order chi connectivity index (χ1) is 21.9. The molecule has 8 rings (SSSR count). The van der Waals surface area contributed by atoms with Crippen molar-refractivity contribution in [2.45, 2.75) is 103 Å². The van der Waals surface area contributed by atoms with Crippen molar-refractivity contribution in [2.24, 2.45) is 0 Å². The summed E-state index contributed by atoms with van der Waals surface area (Å²) in [6, 6.07) is 28.6. The third kappa shape index (κ3) is 4.94. The summed E-state index contributed by atoms with van der Waals surface area (Å²) in [7, 11) is -2.03. The van der Waals surface area contributed by atoms with Crippen LogP contribution >= 0.6 is 0 Å². The number of rotatable bonds is 6. The van der Waals surface area contributed by atoms with E-state index in [1.54, 1.807) is 11.1 Å². The van der Waals surface area contributed by atoms with Crippen LogP contribution in [0.4, 0.5) is 0 Å². The van der Waals surface area contributed by atoms with Crippen molar-refractivity contribution in [1.82, 2.24) is 0 Å². The van der Waals surface area contributed by atoms with E-state index < -0.39 is 8.07 Å². The summed E-state index contributed by atoms with van der Waals surface area (Å²) in [4.78, 5) is 0. The van der Waals surface area contributed by atoms with Crippen molar-refractivity contribution >= 4 is 20.2 Å². The second-order valence-electron chi connectivity index (χ2n) is 15.0. The summed E-state index contributed by atoms with van der Waals surface area (Å²) in [5.74, 6) is 0. The minimum atomic E-state index is -2.03. The lowest BCUT2D eigenvalue weighted by Crippen LogP contribution is -2.48. The number of hydrogen-bond donors (Lipinski definition) is 0. The van der Waals surface area contributed by atoms with Crippen molar-refractivity contribution in [3.05, 3.63) is 128 Å². The van der Waals surface area contributed by atoms with E-state index in [-0.39, 0.29) is 0 Å². The summed E-state index contributed by atoms with van der Waals surface area (Å²) in [5.41, 5.74) is 19.1. The molecular formula is C44H48Si. The molecule has 0 aliphatic heterocycles. The summed E-state index contributed by atoms with van der Waals surface area (Å²) < 4.78 is 0. The Morgan fingerprint density at radius 3 is 1.24 bits per heavy atom. The summed E-state index contributed by atoms with van der Waals surface area (Å²) >= 11 is 0. The molecule has 0 spiro atoms. The average Bonchev–Trinajstić information content (AvgIpc) is 3.83. The van der Waals surface area contributed by atoms with E-state index >= 15 is 0 Å². The van der Waals surface area contributed by atoms with Crippen LogP contribution < -0.4 is 0 Å². The second kappa shape index (κ2) is 11.4. The average molecular weight is 605 g/mol. The number of aryl methyl sites for hydroxylation is 4. The molecule has 0 saturated heterocycles. The Balaban J connectivity index is 1.31. The highest BCUT2D eigenvalue weighted by atomic mass is 28.3. The lowest BCUT2D eigenvalue weighted by Gasteiger charge is -2.45. The summed E-state index contributed by atoms with van der Waals surface area (Å²) in [5, 5.41) is 3.75. The first kappa shape index (κ1) is 29.0. The molecule has 0 atom stereocenters. The molecule has 0 radical (unpaired) electrons. The first-order valence-corrected chi connectivity index (χ1v) is 19.9. The van der Waals surface area contributed by atoms with Gasteiger partial charge < -0.3 is 0 Å². The zero-order valence-electron chi connectivity index (χ0n) is 27.8. The maximum Gasteiger partial charge on any atom is 0.115 e. The Morgan fingerprint density at radius 1 is 0.489 bits per heavy atom.